The summed E-state index contributed by atoms with van der Waals surface area (Å²) < 4.78 is 5.52. The van der Waals surface area contributed by atoms with E-state index in [-0.39, 0.29) is 11.3 Å². The molecule has 5 heteroatoms. The van der Waals surface area contributed by atoms with Gasteiger partial charge in [-0.1, -0.05) is 24.3 Å². The molecular weight excluding hydrogens is 256 g/mol. The minimum Gasteiger partial charge on any atom is -0.478 e. The third-order valence-electron chi connectivity index (χ3n) is 2.81. The number of nitrogens with zero attached hydrogens (tertiary/aromatic N) is 2. The number of hydrogen-bond donors (Lipinski definition) is 1. The van der Waals surface area contributed by atoms with Crippen LogP contribution in [-0.2, 0) is 0 Å². The highest BCUT2D eigenvalue weighted by molar-refractivity contribution is 6.04. The van der Waals surface area contributed by atoms with Gasteiger partial charge >= 0.3 is 5.97 Å². The fourth-order valence-electron chi connectivity index (χ4n) is 1.94. The highest BCUT2D eigenvalue weighted by atomic mass is 16.5. The Bertz CT molecular complexity index is 772. The second kappa shape index (κ2) is 4.97. The highest BCUT2D eigenvalue weighted by Gasteiger charge is 2.17. The van der Waals surface area contributed by atoms with Gasteiger partial charge in [0.25, 0.3) is 0 Å². The molecular formula is C15H10N2O3. The van der Waals surface area contributed by atoms with Gasteiger partial charge in [0.05, 0.1) is 11.7 Å². The van der Waals surface area contributed by atoms with Crippen LogP contribution in [0.25, 0.3) is 10.9 Å². The van der Waals surface area contributed by atoms with Crippen LogP contribution in [0.4, 0.5) is 0 Å². The van der Waals surface area contributed by atoms with Crippen molar-refractivity contribution in [3.8, 4) is 11.6 Å². The summed E-state index contributed by atoms with van der Waals surface area (Å²) in [6.45, 7) is 0. The van der Waals surface area contributed by atoms with Crippen LogP contribution >= 0.6 is 0 Å². The topological polar surface area (TPSA) is 72.3 Å². The normalized spacial score (nSPS) is 10.4. The average Bonchev–Trinajstić information content (AvgIpc) is 2.47. The minimum absolute atomic E-state index is 0.0845. The molecule has 0 aliphatic rings. The molecule has 0 aliphatic carbocycles. The number of ether oxygens (including phenoxy) is 1. The van der Waals surface area contributed by atoms with Crippen LogP contribution in [0.1, 0.15) is 10.4 Å². The summed E-state index contributed by atoms with van der Waals surface area (Å²) in [4.78, 5) is 19.7. The summed E-state index contributed by atoms with van der Waals surface area (Å²) in [5.41, 5.74) is 0.694. The van der Waals surface area contributed by atoms with Crippen molar-refractivity contribution in [2.24, 2.45) is 0 Å². The number of hydrogen-bond acceptors (Lipinski definition) is 4. The lowest BCUT2D eigenvalue weighted by atomic mass is 10.1. The number of aromatic nitrogens is 2. The van der Waals surface area contributed by atoms with Gasteiger partial charge in [-0.25, -0.2) is 9.78 Å². The van der Waals surface area contributed by atoms with E-state index in [4.69, 9.17) is 4.74 Å². The lowest BCUT2D eigenvalue weighted by molar-refractivity contribution is 0.0696. The molecule has 2 heterocycles. The number of fused-ring (bicyclic) bond motifs is 1. The van der Waals surface area contributed by atoms with Crippen molar-refractivity contribution in [2.75, 3.05) is 0 Å². The van der Waals surface area contributed by atoms with E-state index >= 15 is 0 Å². The zero-order chi connectivity index (χ0) is 13.9. The van der Waals surface area contributed by atoms with E-state index in [0.29, 0.717) is 16.8 Å². The Morgan fingerprint density at radius 3 is 2.60 bits per heavy atom. The second-order valence-corrected chi connectivity index (χ2v) is 4.09. The van der Waals surface area contributed by atoms with Gasteiger partial charge in [0.1, 0.15) is 5.56 Å². The van der Waals surface area contributed by atoms with Gasteiger partial charge in [0, 0.05) is 17.6 Å². The molecule has 5 nitrogen and oxygen atoms in total. The molecule has 0 saturated heterocycles. The molecule has 3 rings (SSSR count). The Morgan fingerprint density at radius 2 is 1.85 bits per heavy atom. The lowest BCUT2D eigenvalue weighted by Crippen LogP contribution is -2.03. The molecule has 0 bridgehead atoms. The molecule has 0 fully saturated rings. The van der Waals surface area contributed by atoms with Crippen LogP contribution in [0, 0.1) is 0 Å². The van der Waals surface area contributed by atoms with Gasteiger partial charge in [0.15, 0.2) is 5.75 Å². The molecule has 0 spiro atoms. The summed E-state index contributed by atoms with van der Waals surface area (Å²) in [5.74, 6) is -0.559. The van der Waals surface area contributed by atoms with Gasteiger partial charge in [0.2, 0.25) is 5.88 Å². The van der Waals surface area contributed by atoms with Gasteiger partial charge in [-0.2, -0.15) is 0 Å². The molecule has 2 aromatic heterocycles. The predicted molar refractivity (Wildman–Crippen MR) is 73.0 cm³/mol. The average molecular weight is 266 g/mol. The van der Waals surface area contributed by atoms with Crippen LogP contribution in [0.15, 0.2) is 54.9 Å². The maximum Gasteiger partial charge on any atom is 0.340 e. The Labute approximate surface area is 114 Å². The molecule has 1 N–H and O–H groups in total. The number of carbonyl (C=O) groups is 1. The SMILES string of the molecule is O=C(O)c1c(Oc2ccccn2)cnc2ccccc12. The molecule has 1 aromatic carbocycles. The third kappa shape index (κ3) is 2.16. The molecule has 0 unspecified atom stereocenters. The zero-order valence-corrected chi connectivity index (χ0v) is 10.4. The van der Waals surface area contributed by atoms with Gasteiger partial charge in [-0.05, 0) is 12.1 Å². The summed E-state index contributed by atoms with van der Waals surface area (Å²) in [5, 5.41) is 9.95. The van der Waals surface area contributed by atoms with E-state index in [1.807, 2.05) is 0 Å². The van der Waals surface area contributed by atoms with Gasteiger partial charge in [-0.15, -0.1) is 0 Å². The van der Waals surface area contributed by atoms with Crippen LogP contribution in [0.5, 0.6) is 11.6 Å². The number of pyridine rings is 2. The lowest BCUT2D eigenvalue weighted by Gasteiger charge is -2.09. The molecule has 3 aromatic rings. The number of carboxylic acid groups (broad SMARTS) is 1. The van der Waals surface area contributed by atoms with Crippen molar-refractivity contribution in [3.05, 3.63) is 60.4 Å². The van der Waals surface area contributed by atoms with Crippen LogP contribution in [0.3, 0.4) is 0 Å². The van der Waals surface area contributed by atoms with E-state index < -0.39 is 5.97 Å². The van der Waals surface area contributed by atoms with Crippen molar-refractivity contribution in [2.45, 2.75) is 0 Å². The van der Waals surface area contributed by atoms with E-state index in [0.717, 1.165) is 0 Å². The number of rotatable bonds is 3. The number of benzene rings is 1. The van der Waals surface area contributed by atoms with Crippen molar-refractivity contribution in [3.63, 3.8) is 0 Å². The van der Waals surface area contributed by atoms with Crippen molar-refractivity contribution >= 4 is 16.9 Å². The summed E-state index contributed by atoms with van der Waals surface area (Å²) in [6, 6.07) is 12.2. The summed E-state index contributed by atoms with van der Waals surface area (Å²) in [7, 11) is 0. The number of para-hydroxylation sites is 1. The molecule has 0 radical (unpaired) electrons. The first-order valence-corrected chi connectivity index (χ1v) is 5.95. The molecule has 0 aliphatic heterocycles. The first-order chi connectivity index (χ1) is 9.75. The van der Waals surface area contributed by atoms with Gasteiger partial charge in [-0.3, -0.25) is 4.98 Å². The van der Waals surface area contributed by atoms with Crippen molar-refractivity contribution in [1.82, 2.24) is 9.97 Å². The molecule has 98 valence electrons. The standard InChI is InChI=1S/C15H10N2O3/c18-15(19)14-10-5-1-2-6-11(10)17-9-12(14)20-13-7-3-4-8-16-13/h1-9H,(H,18,19). The van der Waals surface area contributed by atoms with Crippen LogP contribution in [0.2, 0.25) is 0 Å². The van der Waals surface area contributed by atoms with E-state index in [2.05, 4.69) is 9.97 Å². The fourth-order valence-corrected chi connectivity index (χ4v) is 1.94. The van der Waals surface area contributed by atoms with E-state index in [9.17, 15) is 9.90 Å². The zero-order valence-electron chi connectivity index (χ0n) is 10.4. The minimum atomic E-state index is -1.06. The predicted octanol–water partition coefficient (Wildman–Crippen LogP) is 3.12. The second-order valence-electron chi connectivity index (χ2n) is 4.09. The van der Waals surface area contributed by atoms with E-state index in [1.54, 1.807) is 48.7 Å². The van der Waals surface area contributed by atoms with Gasteiger partial charge < -0.3 is 9.84 Å². The molecule has 0 saturated carbocycles. The largest absolute Gasteiger partial charge is 0.478 e. The van der Waals surface area contributed by atoms with E-state index in [1.165, 1.54) is 6.20 Å². The fraction of sp³-hybridized carbons (Fsp3) is 0. The first-order valence-electron chi connectivity index (χ1n) is 5.95. The maximum atomic E-state index is 11.5. The first kappa shape index (κ1) is 12.1. The smallest absolute Gasteiger partial charge is 0.340 e. The Hall–Kier alpha value is -2.95. The quantitative estimate of drug-likeness (QED) is 0.788. The number of aromatic carboxylic acids is 1. The van der Waals surface area contributed by atoms with Crippen LogP contribution in [-0.4, -0.2) is 21.0 Å². The molecule has 0 amide bonds. The molecule has 20 heavy (non-hydrogen) atoms. The maximum absolute atomic E-state index is 11.5. The van der Waals surface area contributed by atoms with Crippen molar-refractivity contribution in [1.29, 1.82) is 0 Å². The summed E-state index contributed by atoms with van der Waals surface area (Å²) >= 11 is 0. The number of carboxylic acids is 1. The molecule has 0 atom stereocenters. The van der Waals surface area contributed by atoms with Crippen molar-refractivity contribution < 1.29 is 14.6 Å². The third-order valence-corrected chi connectivity index (χ3v) is 2.81. The monoisotopic (exact) mass is 266 g/mol. The summed E-state index contributed by atoms with van der Waals surface area (Å²) in [6.07, 6.45) is 2.98. The highest BCUT2D eigenvalue weighted by Crippen LogP contribution is 2.29. The van der Waals surface area contributed by atoms with Crippen LogP contribution < -0.4 is 4.74 Å². The Balaban J connectivity index is 2.15. The Kier molecular flexibility index (Phi) is 3.01. The Morgan fingerprint density at radius 1 is 1.05 bits per heavy atom.